The maximum Gasteiger partial charge on any atom is 0.262 e. The fourth-order valence-corrected chi connectivity index (χ4v) is 5.12. The molecule has 0 aromatic carbocycles. The first-order valence-corrected chi connectivity index (χ1v) is 8.77. The number of alkyl halides is 2. The quantitative estimate of drug-likeness (QED) is 0.843. The van der Waals surface area contributed by atoms with Crippen LogP contribution >= 0.6 is 0 Å². The summed E-state index contributed by atoms with van der Waals surface area (Å²) in [5, 5.41) is 12.9. The van der Waals surface area contributed by atoms with Crippen LogP contribution in [0, 0.1) is 13.8 Å². The number of likely N-dealkylation sites (tertiary alicyclic amines) is 1. The van der Waals surface area contributed by atoms with Crippen molar-refractivity contribution in [2.45, 2.75) is 43.2 Å². The highest BCUT2D eigenvalue weighted by Gasteiger charge is 2.51. The number of sulfonamides is 1. The average molecular weight is 351 g/mol. The first-order valence-electron chi connectivity index (χ1n) is 7.33. The summed E-state index contributed by atoms with van der Waals surface area (Å²) in [5.41, 5.74) is 0.284. The van der Waals surface area contributed by atoms with Crippen LogP contribution in [0.15, 0.2) is 9.42 Å². The van der Waals surface area contributed by atoms with E-state index in [4.69, 9.17) is 4.52 Å². The van der Waals surface area contributed by atoms with Gasteiger partial charge in [0.25, 0.3) is 5.92 Å². The summed E-state index contributed by atoms with van der Waals surface area (Å²) in [5.74, 6) is -2.62. The van der Waals surface area contributed by atoms with Crippen LogP contribution in [-0.4, -0.2) is 72.1 Å². The monoisotopic (exact) mass is 351 g/mol. The smallest absolute Gasteiger partial charge is 0.262 e. The molecular weight excluding hydrogens is 332 g/mol. The van der Waals surface area contributed by atoms with E-state index in [-0.39, 0.29) is 42.1 Å². The molecule has 2 aliphatic rings. The van der Waals surface area contributed by atoms with E-state index >= 15 is 0 Å². The number of rotatable bonds is 4. The first kappa shape index (κ1) is 16.7. The Labute approximate surface area is 132 Å². The Balaban J connectivity index is 1.72. The predicted molar refractivity (Wildman–Crippen MR) is 75.7 cm³/mol. The zero-order valence-corrected chi connectivity index (χ0v) is 13.7. The maximum atomic E-state index is 13.5. The number of aromatic nitrogens is 1. The van der Waals surface area contributed by atoms with Gasteiger partial charge in [-0.3, -0.25) is 4.90 Å². The Morgan fingerprint density at radius 1 is 1.39 bits per heavy atom. The van der Waals surface area contributed by atoms with Crippen molar-refractivity contribution in [1.29, 1.82) is 0 Å². The van der Waals surface area contributed by atoms with Crippen LogP contribution in [-0.2, 0) is 10.0 Å². The molecule has 3 rings (SSSR count). The standard InChI is InChI=1S/C13H19F2N3O4S/c1-8-12(9(2)22-16-8)23(20,21)17-4-11(5-17)18-7-13(14,15)3-10(18)6-19/h10-11,19H,3-7H2,1-2H3/t10-/m0/s1. The van der Waals surface area contributed by atoms with E-state index in [0.29, 0.717) is 0 Å². The molecule has 2 fully saturated rings. The van der Waals surface area contributed by atoms with Crippen molar-refractivity contribution in [2.75, 3.05) is 26.2 Å². The van der Waals surface area contributed by atoms with Gasteiger partial charge in [-0.05, 0) is 13.8 Å². The van der Waals surface area contributed by atoms with Crippen LogP contribution in [0.25, 0.3) is 0 Å². The van der Waals surface area contributed by atoms with Crippen LogP contribution in [0.3, 0.4) is 0 Å². The third kappa shape index (κ3) is 2.77. The molecule has 0 radical (unpaired) electrons. The van der Waals surface area contributed by atoms with Crippen molar-refractivity contribution in [3.63, 3.8) is 0 Å². The zero-order valence-electron chi connectivity index (χ0n) is 12.9. The molecule has 2 saturated heterocycles. The second kappa shape index (κ2) is 5.47. The second-order valence-corrected chi connectivity index (χ2v) is 8.07. The molecule has 2 aliphatic heterocycles. The van der Waals surface area contributed by atoms with E-state index in [9.17, 15) is 22.3 Å². The molecule has 3 heterocycles. The lowest BCUT2D eigenvalue weighted by Crippen LogP contribution is -2.62. The molecule has 7 nitrogen and oxygen atoms in total. The minimum Gasteiger partial charge on any atom is -0.395 e. The SMILES string of the molecule is Cc1noc(C)c1S(=O)(=O)N1CC(N2CC(F)(F)C[C@H]2CO)C1. The molecule has 0 aliphatic carbocycles. The molecule has 10 heteroatoms. The van der Waals surface area contributed by atoms with Gasteiger partial charge in [-0.1, -0.05) is 5.16 Å². The van der Waals surface area contributed by atoms with E-state index < -0.39 is 35.0 Å². The van der Waals surface area contributed by atoms with Gasteiger partial charge in [0.1, 0.15) is 10.6 Å². The van der Waals surface area contributed by atoms with Crippen LogP contribution < -0.4 is 0 Å². The predicted octanol–water partition coefficient (Wildman–Crippen LogP) is 0.366. The summed E-state index contributed by atoms with van der Waals surface area (Å²) in [6.07, 6.45) is -0.392. The number of aliphatic hydroxyl groups excluding tert-OH is 1. The molecule has 0 amide bonds. The molecule has 1 N–H and O–H groups in total. The molecular formula is C13H19F2N3O4S. The topological polar surface area (TPSA) is 86.9 Å². The molecule has 0 bridgehead atoms. The van der Waals surface area contributed by atoms with Gasteiger partial charge >= 0.3 is 0 Å². The number of nitrogens with zero attached hydrogens (tertiary/aromatic N) is 3. The molecule has 23 heavy (non-hydrogen) atoms. The van der Waals surface area contributed by atoms with E-state index in [0.717, 1.165) is 0 Å². The van der Waals surface area contributed by atoms with Crippen molar-refractivity contribution in [3.8, 4) is 0 Å². The van der Waals surface area contributed by atoms with E-state index in [1.807, 2.05) is 0 Å². The van der Waals surface area contributed by atoms with Crippen LogP contribution in [0.4, 0.5) is 8.78 Å². The number of aryl methyl sites for hydroxylation is 2. The fourth-order valence-electron chi connectivity index (χ4n) is 3.31. The lowest BCUT2D eigenvalue weighted by molar-refractivity contribution is -0.00246. The summed E-state index contributed by atoms with van der Waals surface area (Å²) in [4.78, 5) is 1.56. The zero-order chi connectivity index (χ0) is 17.0. The summed E-state index contributed by atoms with van der Waals surface area (Å²) >= 11 is 0. The molecule has 0 unspecified atom stereocenters. The minimum absolute atomic E-state index is 0.0430. The van der Waals surface area contributed by atoms with E-state index in [1.165, 1.54) is 16.1 Å². The molecule has 0 saturated carbocycles. The number of hydrogen-bond acceptors (Lipinski definition) is 6. The second-order valence-electron chi connectivity index (χ2n) is 6.20. The summed E-state index contributed by atoms with van der Waals surface area (Å²) in [6, 6.07) is -0.935. The molecule has 130 valence electrons. The number of hydrogen-bond donors (Lipinski definition) is 1. The van der Waals surface area contributed by atoms with Crippen LogP contribution in [0.5, 0.6) is 0 Å². The summed E-state index contributed by atoms with van der Waals surface area (Å²) in [6.45, 7) is 2.51. The van der Waals surface area contributed by atoms with E-state index in [1.54, 1.807) is 6.92 Å². The third-order valence-corrected chi connectivity index (χ3v) is 6.57. The van der Waals surface area contributed by atoms with Gasteiger partial charge in [0.2, 0.25) is 10.0 Å². The first-order chi connectivity index (χ1) is 10.7. The van der Waals surface area contributed by atoms with Crippen LogP contribution in [0.2, 0.25) is 0 Å². The minimum atomic E-state index is -3.74. The highest BCUT2D eigenvalue weighted by Crippen LogP contribution is 2.36. The average Bonchev–Trinajstić information content (AvgIpc) is 2.87. The van der Waals surface area contributed by atoms with Crippen LogP contribution in [0.1, 0.15) is 17.9 Å². The van der Waals surface area contributed by atoms with E-state index in [2.05, 4.69) is 5.16 Å². The summed E-state index contributed by atoms with van der Waals surface area (Å²) < 4.78 is 58.3. The maximum absolute atomic E-state index is 13.5. The Hall–Kier alpha value is -1.10. The van der Waals surface area contributed by atoms with Crippen molar-refractivity contribution in [1.82, 2.24) is 14.4 Å². The number of halogens is 2. The van der Waals surface area contributed by atoms with Gasteiger partial charge in [-0.2, -0.15) is 4.31 Å². The highest BCUT2D eigenvalue weighted by molar-refractivity contribution is 7.89. The fraction of sp³-hybridized carbons (Fsp3) is 0.769. The van der Waals surface area contributed by atoms with Crippen molar-refractivity contribution in [2.24, 2.45) is 0 Å². The van der Waals surface area contributed by atoms with Crippen molar-refractivity contribution < 1.29 is 26.8 Å². The Morgan fingerprint density at radius 2 is 2.04 bits per heavy atom. The Bertz CT molecular complexity index is 681. The van der Waals surface area contributed by atoms with Gasteiger partial charge in [-0.15, -0.1) is 0 Å². The molecule has 0 spiro atoms. The van der Waals surface area contributed by atoms with Gasteiger partial charge in [0, 0.05) is 31.6 Å². The largest absolute Gasteiger partial charge is 0.395 e. The van der Waals surface area contributed by atoms with Gasteiger partial charge in [0.15, 0.2) is 5.76 Å². The van der Waals surface area contributed by atoms with Crippen molar-refractivity contribution in [3.05, 3.63) is 11.5 Å². The molecule has 1 atom stereocenters. The molecule has 1 aromatic heterocycles. The lowest BCUT2D eigenvalue weighted by Gasteiger charge is -2.44. The Kier molecular flexibility index (Phi) is 3.98. The van der Waals surface area contributed by atoms with Gasteiger partial charge in [0.05, 0.1) is 13.2 Å². The Morgan fingerprint density at radius 3 is 2.57 bits per heavy atom. The molecule has 1 aromatic rings. The normalized spacial score (nSPS) is 26.6. The highest BCUT2D eigenvalue weighted by atomic mass is 32.2. The van der Waals surface area contributed by atoms with Gasteiger partial charge < -0.3 is 9.63 Å². The van der Waals surface area contributed by atoms with Crippen molar-refractivity contribution >= 4 is 10.0 Å². The third-order valence-electron chi connectivity index (χ3n) is 4.49. The lowest BCUT2D eigenvalue weighted by atomic mass is 10.1. The summed E-state index contributed by atoms with van der Waals surface area (Å²) in [7, 11) is -3.74. The van der Waals surface area contributed by atoms with Gasteiger partial charge in [-0.25, -0.2) is 17.2 Å². The number of aliphatic hydroxyl groups is 1.